The molecule has 1 saturated heterocycles. The topological polar surface area (TPSA) is 38.1 Å². The van der Waals surface area contributed by atoms with Crippen LogP contribution in [0.4, 0.5) is 0 Å². The summed E-state index contributed by atoms with van der Waals surface area (Å²) in [5, 5.41) is 0. The summed E-state index contributed by atoms with van der Waals surface area (Å²) in [6, 6.07) is 11.0. The molecule has 0 N–H and O–H groups in total. The molecular formula is C22H29N3O. The molecule has 1 aliphatic heterocycles. The molecule has 1 aromatic heterocycles. The molecule has 1 saturated carbocycles. The molecule has 0 spiro atoms. The maximum Gasteiger partial charge on any atom is 0.222 e. The van der Waals surface area contributed by atoms with Gasteiger partial charge in [0.25, 0.3) is 0 Å². The highest BCUT2D eigenvalue weighted by Crippen LogP contribution is 2.41. The van der Waals surface area contributed by atoms with E-state index in [1.807, 2.05) is 12.3 Å². The van der Waals surface area contributed by atoms with Crippen molar-refractivity contribution in [2.45, 2.75) is 63.8 Å². The van der Waals surface area contributed by atoms with E-state index in [9.17, 15) is 4.79 Å². The van der Waals surface area contributed by atoms with Crippen LogP contribution in [0.5, 0.6) is 0 Å². The zero-order valence-electron chi connectivity index (χ0n) is 15.7. The van der Waals surface area contributed by atoms with E-state index < -0.39 is 0 Å². The van der Waals surface area contributed by atoms with Crippen molar-refractivity contribution in [3.05, 3.63) is 53.6 Å². The van der Waals surface area contributed by atoms with E-state index >= 15 is 0 Å². The van der Waals surface area contributed by atoms with E-state index in [4.69, 9.17) is 0 Å². The first-order chi connectivity index (χ1) is 12.7. The third-order valence-electron chi connectivity index (χ3n) is 5.83. The zero-order chi connectivity index (χ0) is 17.9. The summed E-state index contributed by atoms with van der Waals surface area (Å²) in [4.78, 5) is 19.3. The number of rotatable bonds is 6. The summed E-state index contributed by atoms with van der Waals surface area (Å²) >= 11 is 0. The number of amides is 1. The number of nitrogens with zero attached hydrogens (tertiary/aromatic N) is 3. The van der Waals surface area contributed by atoms with Gasteiger partial charge in [-0.05, 0) is 51.0 Å². The van der Waals surface area contributed by atoms with Gasteiger partial charge in [-0.2, -0.15) is 0 Å². The first kappa shape index (κ1) is 17.3. The van der Waals surface area contributed by atoms with Gasteiger partial charge in [0.15, 0.2) is 0 Å². The normalized spacial score (nSPS) is 18.3. The van der Waals surface area contributed by atoms with E-state index in [0.717, 1.165) is 38.8 Å². The predicted molar refractivity (Wildman–Crippen MR) is 103 cm³/mol. The molecule has 1 amide bonds. The molecule has 1 aliphatic carbocycles. The third kappa shape index (κ3) is 3.84. The number of hydrogen-bond donors (Lipinski definition) is 0. The molecule has 2 aromatic rings. The van der Waals surface area contributed by atoms with E-state index in [1.54, 1.807) is 0 Å². The Morgan fingerprint density at radius 1 is 1.12 bits per heavy atom. The molecule has 0 atom stereocenters. The summed E-state index contributed by atoms with van der Waals surface area (Å²) in [6.45, 7) is 3.94. The van der Waals surface area contributed by atoms with Crippen molar-refractivity contribution in [1.82, 2.24) is 14.5 Å². The summed E-state index contributed by atoms with van der Waals surface area (Å²) in [6.07, 6.45) is 9.30. The van der Waals surface area contributed by atoms with Crippen molar-refractivity contribution in [3.8, 4) is 0 Å². The van der Waals surface area contributed by atoms with Crippen LogP contribution in [0.1, 0.15) is 67.6 Å². The van der Waals surface area contributed by atoms with Gasteiger partial charge in [0, 0.05) is 43.4 Å². The summed E-state index contributed by atoms with van der Waals surface area (Å²) in [5.41, 5.74) is 2.60. The minimum absolute atomic E-state index is 0.323. The lowest BCUT2D eigenvalue weighted by Crippen LogP contribution is -2.39. The highest BCUT2D eigenvalue weighted by molar-refractivity contribution is 5.76. The predicted octanol–water partition coefficient (Wildman–Crippen LogP) is 4.26. The lowest BCUT2D eigenvalue weighted by molar-refractivity contribution is -0.132. The van der Waals surface area contributed by atoms with Gasteiger partial charge in [0.05, 0.1) is 0 Å². The Balaban J connectivity index is 1.27. The Hall–Kier alpha value is -2.10. The molecule has 0 unspecified atom stereocenters. The van der Waals surface area contributed by atoms with Gasteiger partial charge in [-0.15, -0.1) is 0 Å². The van der Waals surface area contributed by atoms with Crippen molar-refractivity contribution < 1.29 is 4.79 Å². The maximum absolute atomic E-state index is 12.5. The zero-order valence-corrected chi connectivity index (χ0v) is 15.7. The standard InChI is InChI=1S/C22H29N3O/c1-17-16-23-22(19-10-11-19)25(17)20-12-14-24(15-13-20)21(26)9-5-8-18-6-3-2-4-7-18/h2-4,6-7,16,19-20H,5,8-15H2,1H3. The lowest BCUT2D eigenvalue weighted by atomic mass is 10.0. The molecular weight excluding hydrogens is 322 g/mol. The van der Waals surface area contributed by atoms with Crippen molar-refractivity contribution >= 4 is 5.91 Å². The first-order valence-corrected chi connectivity index (χ1v) is 10.1. The second kappa shape index (κ2) is 7.65. The highest BCUT2D eigenvalue weighted by atomic mass is 16.2. The number of imidazole rings is 1. The smallest absolute Gasteiger partial charge is 0.222 e. The molecule has 2 aliphatic rings. The molecule has 4 heteroatoms. The molecule has 4 nitrogen and oxygen atoms in total. The number of piperidine rings is 1. The van der Waals surface area contributed by atoms with Gasteiger partial charge in [0.1, 0.15) is 5.82 Å². The molecule has 2 fully saturated rings. The van der Waals surface area contributed by atoms with E-state index in [-0.39, 0.29) is 0 Å². The number of hydrogen-bond acceptors (Lipinski definition) is 2. The van der Waals surface area contributed by atoms with Crippen LogP contribution in [0.3, 0.4) is 0 Å². The minimum Gasteiger partial charge on any atom is -0.343 e. The molecule has 0 radical (unpaired) electrons. The number of likely N-dealkylation sites (tertiary alicyclic amines) is 1. The number of aromatic nitrogens is 2. The summed E-state index contributed by atoms with van der Waals surface area (Å²) < 4.78 is 2.47. The molecule has 26 heavy (non-hydrogen) atoms. The SMILES string of the molecule is Cc1cnc(C2CC2)n1C1CCN(C(=O)CCCc2ccccc2)CC1. The Morgan fingerprint density at radius 2 is 1.85 bits per heavy atom. The van der Waals surface area contributed by atoms with Gasteiger partial charge in [-0.25, -0.2) is 4.98 Å². The Bertz CT molecular complexity index is 740. The number of benzene rings is 1. The largest absolute Gasteiger partial charge is 0.343 e. The van der Waals surface area contributed by atoms with Crippen LogP contribution >= 0.6 is 0 Å². The monoisotopic (exact) mass is 351 g/mol. The lowest BCUT2D eigenvalue weighted by Gasteiger charge is -2.34. The van der Waals surface area contributed by atoms with Crippen molar-refractivity contribution in [1.29, 1.82) is 0 Å². The fourth-order valence-corrected chi connectivity index (χ4v) is 4.20. The number of carbonyl (C=O) groups is 1. The van der Waals surface area contributed by atoms with Crippen molar-refractivity contribution in [2.24, 2.45) is 0 Å². The Morgan fingerprint density at radius 3 is 2.54 bits per heavy atom. The second-order valence-electron chi connectivity index (χ2n) is 7.85. The van der Waals surface area contributed by atoms with Gasteiger partial charge < -0.3 is 9.47 Å². The molecule has 4 rings (SSSR count). The summed E-state index contributed by atoms with van der Waals surface area (Å²) in [5.74, 6) is 2.29. The van der Waals surface area contributed by atoms with Gasteiger partial charge in [-0.3, -0.25) is 4.79 Å². The fraction of sp³-hybridized carbons (Fsp3) is 0.545. The number of aryl methyl sites for hydroxylation is 2. The average Bonchev–Trinajstić information content (AvgIpc) is 3.45. The van der Waals surface area contributed by atoms with Crippen LogP contribution in [0, 0.1) is 6.92 Å². The van der Waals surface area contributed by atoms with E-state index in [2.05, 4.69) is 45.6 Å². The van der Waals surface area contributed by atoms with Crippen molar-refractivity contribution in [3.63, 3.8) is 0 Å². The Kier molecular flexibility index (Phi) is 5.09. The van der Waals surface area contributed by atoms with Crippen molar-refractivity contribution in [2.75, 3.05) is 13.1 Å². The van der Waals surface area contributed by atoms with E-state index in [1.165, 1.54) is 29.9 Å². The molecule has 138 valence electrons. The van der Waals surface area contributed by atoms with Gasteiger partial charge >= 0.3 is 0 Å². The molecule has 1 aromatic carbocycles. The quantitative estimate of drug-likeness (QED) is 0.780. The van der Waals surface area contributed by atoms with Crippen LogP contribution in [0.15, 0.2) is 36.5 Å². The Labute approximate surface area is 156 Å². The highest BCUT2D eigenvalue weighted by Gasteiger charge is 2.32. The number of carbonyl (C=O) groups excluding carboxylic acids is 1. The van der Waals surface area contributed by atoms with Crippen LogP contribution in [-0.4, -0.2) is 33.4 Å². The molecule has 2 heterocycles. The molecule has 0 bridgehead atoms. The first-order valence-electron chi connectivity index (χ1n) is 10.1. The summed E-state index contributed by atoms with van der Waals surface area (Å²) in [7, 11) is 0. The van der Waals surface area contributed by atoms with Crippen LogP contribution < -0.4 is 0 Å². The van der Waals surface area contributed by atoms with Gasteiger partial charge in [0.2, 0.25) is 5.91 Å². The minimum atomic E-state index is 0.323. The maximum atomic E-state index is 12.5. The van der Waals surface area contributed by atoms with Gasteiger partial charge in [-0.1, -0.05) is 30.3 Å². The second-order valence-corrected chi connectivity index (χ2v) is 7.85. The average molecular weight is 351 g/mol. The third-order valence-corrected chi connectivity index (χ3v) is 5.83. The van der Waals surface area contributed by atoms with Crippen LogP contribution in [0.25, 0.3) is 0 Å². The van der Waals surface area contributed by atoms with Crippen LogP contribution in [0.2, 0.25) is 0 Å². The van der Waals surface area contributed by atoms with E-state index in [0.29, 0.717) is 24.3 Å². The van der Waals surface area contributed by atoms with Crippen LogP contribution in [-0.2, 0) is 11.2 Å². The fourth-order valence-electron chi connectivity index (χ4n) is 4.20.